The van der Waals surface area contributed by atoms with Gasteiger partial charge in [-0.1, -0.05) is 24.3 Å². The van der Waals surface area contributed by atoms with E-state index >= 15 is 0 Å². The number of hydrogen-bond donors (Lipinski definition) is 2. The first kappa shape index (κ1) is 15.9. The summed E-state index contributed by atoms with van der Waals surface area (Å²) in [4.78, 5) is 15.4. The molecule has 1 amide bonds. The first-order valence-electron chi connectivity index (χ1n) is 7.70. The normalized spacial score (nSPS) is 12.0. The summed E-state index contributed by atoms with van der Waals surface area (Å²) in [6.45, 7) is 2.67. The maximum atomic E-state index is 11.1. The van der Waals surface area contributed by atoms with E-state index in [0.717, 1.165) is 22.3 Å². The van der Waals surface area contributed by atoms with Crippen LogP contribution in [0.3, 0.4) is 0 Å². The van der Waals surface area contributed by atoms with E-state index in [4.69, 9.17) is 9.84 Å². The third-order valence-electron chi connectivity index (χ3n) is 3.71. The van der Waals surface area contributed by atoms with Crippen LogP contribution in [0.1, 0.15) is 5.56 Å². The van der Waals surface area contributed by atoms with E-state index in [2.05, 4.69) is 10.3 Å². The summed E-state index contributed by atoms with van der Waals surface area (Å²) in [5.74, 6) is 0.725. The smallest absolute Gasteiger partial charge is 0.405 e. The SMILES string of the molecule is Cc1cccc(OC[C@H](Cn2cnc3ccccc32)NC(=O)O)c1. The number of para-hydroxylation sites is 2. The number of aromatic nitrogens is 2. The van der Waals surface area contributed by atoms with Gasteiger partial charge in [-0.3, -0.25) is 0 Å². The van der Waals surface area contributed by atoms with E-state index in [-0.39, 0.29) is 12.6 Å². The molecule has 0 radical (unpaired) electrons. The van der Waals surface area contributed by atoms with E-state index in [0.29, 0.717) is 6.54 Å². The van der Waals surface area contributed by atoms with E-state index in [9.17, 15) is 4.79 Å². The number of hydrogen-bond acceptors (Lipinski definition) is 3. The number of imidazole rings is 1. The molecule has 3 aromatic rings. The molecule has 3 rings (SSSR count). The van der Waals surface area contributed by atoms with Gasteiger partial charge in [-0.2, -0.15) is 0 Å². The first-order valence-corrected chi connectivity index (χ1v) is 7.70. The highest BCUT2D eigenvalue weighted by molar-refractivity contribution is 5.75. The standard InChI is InChI=1S/C18H19N3O3/c1-13-5-4-6-15(9-13)24-11-14(20-18(22)23)10-21-12-19-16-7-2-3-8-17(16)21/h2-9,12,14,20H,10-11H2,1H3,(H,22,23)/t14-/m0/s1. The molecule has 0 aliphatic rings. The number of aryl methyl sites for hydroxylation is 1. The van der Waals surface area contributed by atoms with Crippen LogP contribution >= 0.6 is 0 Å². The van der Waals surface area contributed by atoms with Gasteiger partial charge in [-0.25, -0.2) is 9.78 Å². The van der Waals surface area contributed by atoms with Crippen LogP contribution in [0.25, 0.3) is 11.0 Å². The predicted octanol–water partition coefficient (Wildman–Crippen LogP) is 3.06. The zero-order valence-electron chi connectivity index (χ0n) is 13.3. The van der Waals surface area contributed by atoms with E-state index in [1.165, 1.54) is 0 Å². The fraction of sp³-hybridized carbons (Fsp3) is 0.222. The molecule has 0 saturated carbocycles. The third kappa shape index (κ3) is 3.84. The Balaban J connectivity index is 1.73. The average molecular weight is 325 g/mol. The number of carboxylic acid groups (broad SMARTS) is 1. The van der Waals surface area contributed by atoms with Crippen LogP contribution in [0.5, 0.6) is 5.75 Å². The van der Waals surface area contributed by atoms with Gasteiger partial charge >= 0.3 is 6.09 Å². The van der Waals surface area contributed by atoms with Crippen LogP contribution < -0.4 is 10.1 Å². The molecule has 1 aromatic heterocycles. The first-order chi connectivity index (χ1) is 11.6. The largest absolute Gasteiger partial charge is 0.491 e. The van der Waals surface area contributed by atoms with Crippen LogP contribution in [0.4, 0.5) is 4.79 Å². The molecule has 0 aliphatic carbocycles. The molecular formula is C18H19N3O3. The van der Waals surface area contributed by atoms with Gasteiger partial charge in [0, 0.05) is 6.54 Å². The molecule has 6 heteroatoms. The zero-order valence-corrected chi connectivity index (χ0v) is 13.3. The van der Waals surface area contributed by atoms with Crippen LogP contribution in [0.15, 0.2) is 54.9 Å². The summed E-state index contributed by atoms with van der Waals surface area (Å²) in [5, 5.41) is 11.6. The second-order valence-electron chi connectivity index (χ2n) is 5.66. The Labute approximate surface area is 139 Å². The van der Waals surface area contributed by atoms with Crippen molar-refractivity contribution < 1.29 is 14.6 Å². The second-order valence-corrected chi connectivity index (χ2v) is 5.66. The number of nitrogens with one attached hydrogen (secondary N) is 1. The maximum absolute atomic E-state index is 11.1. The van der Waals surface area contributed by atoms with Crippen LogP contribution in [-0.4, -0.2) is 33.4 Å². The summed E-state index contributed by atoms with van der Waals surface area (Å²) in [6.07, 6.45) is 0.644. The number of carbonyl (C=O) groups is 1. The monoisotopic (exact) mass is 325 g/mol. The van der Waals surface area contributed by atoms with Gasteiger partial charge in [0.1, 0.15) is 12.4 Å². The van der Waals surface area contributed by atoms with Crippen molar-refractivity contribution in [1.82, 2.24) is 14.9 Å². The minimum absolute atomic E-state index is 0.238. The van der Waals surface area contributed by atoms with Crippen molar-refractivity contribution in [2.24, 2.45) is 0 Å². The average Bonchev–Trinajstić information content (AvgIpc) is 2.95. The Hall–Kier alpha value is -3.02. The molecule has 0 fully saturated rings. The Bertz CT molecular complexity index is 844. The van der Waals surface area contributed by atoms with Gasteiger partial charge in [0.2, 0.25) is 0 Å². The minimum Gasteiger partial charge on any atom is -0.491 e. The van der Waals surface area contributed by atoms with Gasteiger partial charge in [0.25, 0.3) is 0 Å². The summed E-state index contributed by atoms with van der Waals surface area (Å²) >= 11 is 0. The Kier molecular flexibility index (Phi) is 4.65. The lowest BCUT2D eigenvalue weighted by Crippen LogP contribution is -2.41. The van der Waals surface area contributed by atoms with Gasteiger partial charge < -0.3 is 19.7 Å². The molecule has 0 spiro atoms. The molecule has 0 bridgehead atoms. The topological polar surface area (TPSA) is 76.4 Å². The fourth-order valence-corrected chi connectivity index (χ4v) is 2.61. The molecule has 0 unspecified atom stereocenters. The van der Waals surface area contributed by atoms with Crippen molar-refractivity contribution in [3.8, 4) is 5.75 Å². The molecule has 0 saturated heterocycles. The molecular weight excluding hydrogens is 306 g/mol. The number of rotatable bonds is 6. The Morgan fingerprint density at radius 3 is 2.92 bits per heavy atom. The van der Waals surface area contributed by atoms with Crippen molar-refractivity contribution in [3.05, 3.63) is 60.4 Å². The van der Waals surface area contributed by atoms with Crippen LogP contribution in [0.2, 0.25) is 0 Å². The van der Waals surface area contributed by atoms with Crippen molar-refractivity contribution >= 4 is 17.1 Å². The van der Waals surface area contributed by atoms with Crippen molar-refractivity contribution in [3.63, 3.8) is 0 Å². The van der Waals surface area contributed by atoms with Gasteiger partial charge in [-0.05, 0) is 36.8 Å². The lowest BCUT2D eigenvalue weighted by molar-refractivity contribution is 0.178. The number of benzene rings is 2. The molecule has 1 atom stereocenters. The molecule has 1 heterocycles. The van der Waals surface area contributed by atoms with Crippen molar-refractivity contribution in [2.75, 3.05) is 6.61 Å². The quantitative estimate of drug-likeness (QED) is 0.730. The van der Waals surface area contributed by atoms with E-state index < -0.39 is 6.09 Å². The Morgan fingerprint density at radius 2 is 2.12 bits per heavy atom. The van der Waals surface area contributed by atoms with Gasteiger partial charge in [0.05, 0.1) is 23.4 Å². The molecule has 124 valence electrons. The van der Waals surface area contributed by atoms with Gasteiger partial charge in [-0.15, -0.1) is 0 Å². The number of amides is 1. The molecule has 2 N–H and O–H groups in total. The maximum Gasteiger partial charge on any atom is 0.405 e. The molecule has 0 aliphatic heterocycles. The van der Waals surface area contributed by atoms with E-state index in [1.54, 1.807) is 6.33 Å². The minimum atomic E-state index is -1.07. The van der Waals surface area contributed by atoms with Crippen molar-refractivity contribution in [1.29, 1.82) is 0 Å². The third-order valence-corrected chi connectivity index (χ3v) is 3.71. The van der Waals surface area contributed by atoms with Crippen LogP contribution in [0, 0.1) is 6.92 Å². The lowest BCUT2D eigenvalue weighted by Gasteiger charge is -2.19. The summed E-state index contributed by atoms with van der Waals surface area (Å²) in [5.41, 5.74) is 2.94. The summed E-state index contributed by atoms with van der Waals surface area (Å²) < 4.78 is 7.68. The van der Waals surface area contributed by atoms with Crippen LogP contribution in [-0.2, 0) is 6.54 Å². The van der Waals surface area contributed by atoms with E-state index in [1.807, 2.05) is 60.0 Å². The summed E-state index contributed by atoms with van der Waals surface area (Å²) in [6, 6.07) is 15.0. The number of ether oxygens (including phenoxy) is 1. The van der Waals surface area contributed by atoms with Crippen molar-refractivity contribution in [2.45, 2.75) is 19.5 Å². The zero-order chi connectivity index (χ0) is 16.9. The predicted molar refractivity (Wildman–Crippen MR) is 91.4 cm³/mol. The molecule has 2 aromatic carbocycles. The highest BCUT2D eigenvalue weighted by atomic mass is 16.5. The highest BCUT2D eigenvalue weighted by Gasteiger charge is 2.15. The molecule has 6 nitrogen and oxygen atoms in total. The second kappa shape index (κ2) is 7.04. The highest BCUT2D eigenvalue weighted by Crippen LogP contribution is 2.15. The number of fused-ring (bicyclic) bond motifs is 1. The molecule has 24 heavy (non-hydrogen) atoms. The van der Waals surface area contributed by atoms with Gasteiger partial charge in [0.15, 0.2) is 0 Å². The number of nitrogens with zero attached hydrogens (tertiary/aromatic N) is 2. The summed E-state index contributed by atoms with van der Waals surface area (Å²) in [7, 11) is 0. The fourth-order valence-electron chi connectivity index (χ4n) is 2.61. The Morgan fingerprint density at radius 1 is 1.29 bits per heavy atom. The lowest BCUT2D eigenvalue weighted by atomic mass is 10.2.